The van der Waals surface area contributed by atoms with Gasteiger partial charge in [-0.25, -0.2) is 18.4 Å². The van der Waals surface area contributed by atoms with Crippen LogP contribution in [0.1, 0.15) is 32.3 Å². The highest BCUT2D eigenvalue weighted by atomic mass is 32.2. The van der Waals surface area contributed by atoms with Crippen LogP contribution in [0.25, 0.3) is 5.82 Å². The summed E-state index contributed by atoms with van der Waals surface area (Å²) in [5.41, 5.74) is 2.89. The molecular weight excluding hydrogens is 424 g/mol. The van der Waals surface area contributed by atoms with E-state index in [-0.39, 0.29) is 0 Å². The van der Waals surface area contributed by atoms with Gasteiger partial charge in [0.2, 0.25) is 10.0 Å². The largest absolute Gasteiger partial charge is 0.379 e. The summed E-state index contributed by atoms with van der Waals surface area (Å²) in [5.74, 6) is 0.802. The predicted molar refractivity (Wildman–Crippen MR) is 127 cm³/mol. The summed E-state index contributed by atoms with van der Waals surface area (Å²) >= 11 is 0. The van der Waals surface area contributed by atoms with Crippen LogP contribution in [-0.2, 0) is 16.6 Å². The number of benzene rings is 1. The molecule has 4 rings (SSSR count). The lowest BCUT2D eigenvalue weighted by atomic mass is 10.2. The Hall–Kier alpha value is -2.91. The van der Waals surface area contributed by atoms with Crippen molar-refractivity contribution in [1.82, 2.24) is 18.8 Å². The Kier molecular flexibility index (Phi) is 6.76. The van der Waals surface area contributed by atoms with Crippen LogP contribution in [-0.4, -0.2) is 53.4 Å². The van der Waals surface area contributed by atoms with E-state index in [1.54, 1.807) is 24.7 Å². The van der Waals surface area contributed by atoms with Gasteiger partial charge < -0.3 is 10.2 Å². The summed E-state index contributed by atoms with van der Waals surface area (Å²) in [6, 6.07) is 9.40. The van der Waals surface area contributed by atoms with Crippen molar-refractivity contribution in [3.8, 4) is 5.82 Å². The van der Waals surface area contributed by atoms with Crippen LogP contribution >= 0.6 is 0 Å². The van der Waals surface area contributed by atoms with Crippen LogP contribution in [0.2, 0.25) is 0 Å². The van der Waals surface area contributed by atoms with Crippen LogP contribution < -0.4 is 10.2 Å². The number of aromatic nitrogens is 3. The van der Waals surface area contributed by atoms with Gasteiger partial charge in [-0.2, -0.15) is 4.31 Å². The molecule has 2 aromatic heterocycles. The molecule has 0 saturated carbocycles. The Bertz CT molecular complexity index is 1120. The first-order valence-electron chi connectivity index (χ1n) is 11.1. The zero-order valence-corrected chi connectivity index (χ0v) is 19.4. The van der Waals surface area contributed by atoms with Gasteiger partial charge >= 0.3 is 0 Å². The Morgan fingerprint density at radius 2 is 1.88 bits per heavy atom. The maximum absolute atomic E-state index is 13.1. The van der Waals surface area contributed by atoms with Crippen LogP contribution in [0.15, 0.2) is 60.1 Å². The number of rotatable bonds is 9. The molecule has 0 radical (unpaired) electrons. The molecule has 0 atom stereocenters. The lowest BCUT2D eigenvalue weighted by Gasteiger charge is -2.24. The van der Waals surface area contributed by atoms with Crippen molar-refractivity contribution < 1.29 is 8.42 Å². The fourth-order valence-corrected chi connectivity index (χ4v) is 5.51. The average Bonchev–Trinajstić information content (AvgIpc) is 3.53. The molecule has 0 bridgehead atoms. The SMILES string of the molecule is CCN(CC)S(=O)(=O)c1ccc(N2CCCC2)c(NCc2ccc(-n3ccnc3)nc2)c1. The van der Waals surface area contributed by atoms with Gasteiger partial charge in [0.1, 0.15) is 12.1 Å². The number of pyridine rings is 1. The smallest absolute Gasteiger partial charge is 0.243 e. The zero-order chi connectivity index (χ0) is 22.6. The fraction of sp³-hybridized carbons (Fsp3) is 0.391. The van der Waals surface area contributed by atoms with Gasteiger partial charge in [0.15, 0.2) is 0 Å². The summed E-state index contributed by atoms with van der Waals surface area (Å²) in [5, 5.41) is 3.46. The third-order valence-electron chi connectivity index (χ3n) is 5.82. The first-order valence-corrected chi connectivity index (χ1v) is 12.5. The van der Waals surface area contributed by atoms with Crippen LogP contribution in [0.5, 0.6) is 0 Å². The number of hydrogen-bond acceptors (Lipinski definition) is 6. The number of nitrogens with one attached hydrogen (secondary N) is 1. The fourth-order valence-electron chi connectivity index (χ4n) is 4.03. The maximum atomic E-state index is 13.1. The van der Waals surface area contributed by atoms with Crippen molar-refractivity contribution in [3.63, 3.8) is 0 Å². The van der Waals surface area contributed by atoms with E-state index >= 15 is 0 Å². The molecule has 1 aromatic carbocycles. The third kappa shape index (κ3) is 4.63. The van der Waals surface area contributed by atoms with Gasteiger partial charge in [0, 0.05) is 51.3 Å². The van der Waals surface area contributed by atoms with Gasteiger partial charge in [0.05, 0.1) is 16.3 Å². The lowest BCUT2D eigenvalue weighted by Crippen LogP contribution is -2.30. The number of imidazole rings is 1. The van der Waals surface area contributed by atoms with Gasteiger partial charge in [-0.05, 0) is 42.7 Å². The van der Waals surface area contributed by atoms with E-state index in [0.717, 1.165) is 48.7 Å². The molecule has 1 N–H and O–H groups in total. The van der Waals surface area contributed by atoms with Gasteiger partial charge in [-0.15, -0.1) is 0 Å². The summed E-state index contributed by atoms with van der Waals surface area (Å²) in [6.07, 6.45) is 9.41. The molecule has 0 spiro atoms. The Labute approximate surface area is 190 Å². The number of hydrogen-bond donors (Lipinski definition) is 1. The van der Waals surface area contributed by atoms with Crippen molar-refractivity contribution in [2.75, 3.05) is 36.4 Å². The monoisotopic (exact) mass is 454 g/mol. The minimum Gasteiger partial charge on any atom is -0.379 e. The Morgan fingerprint density at radius 3 is 2.50 bits per heavy atom. The van der Waals surface area contributed by atoms with Crippen LogP contribution in [0, 0.1) is 0 Å². The number of anilines is 2. The molecular formula is C23H30N6O2S. The minimum atomic E-state index is -3.52. The topological polar surface area (TPSA) is 83.4 Å². The minimum absolute atomic E-state index is 0.320. The summed E-state index contributed by atoms with van der Waals surface area (Å²) in [6.45, 7) is 7.14. The molecule has 0 aliphatic carbocycles. The van der Waals surface area contributed by atoms with Gasteiger partial charge in [-0.1, -0.05) is 19.9 Å². The summed E-state index contributed by atoms with van der Waals surface area (Å²) in [7, 11) is -3.52. The zero-order valence-electron chi connectivity index (χ0n) is 18.6. The number of sulfonamides is 1. The second-order valence-electron chi connectivity index (χ2n) is 7.81. The van der Waals surface area contributed by atoms with E-state index < -0.39 is 10.0 Å². The Morgan fingerprint density at radius 1 is 1.09 bits per heavy atom. The lowest BCUT2D eigenvalue weighted by molar-refractivity contribution is 0.445. The molecule has 1 aliphatic rings. The van der Waals surface area contributed by atoms with Crippen molar-refractivity contribution >= 4 is 21.4 Å². The Balaban J connectivity index is 1.59. The summed E-state index contributed by atoms with van der Waals surface area (Å²) in [4.78, 5) is 11.2. The van der Waals surface area contributed by atoms with E-state index in [1.165, 1.54) is 4.31 Å². The normalized spacial score (nSPS) is 14.3. The van der Waals surface area contributed by atoms with E-state index in [1.807, 2.05) is 49.0 Å². The second-order valence-corrected chi connectivity index (χ2v) is 9.75. The molecule has 1 aliphatic heterocycles. The van der Waals surface area contributed by atoms with E-state index in [0.29, 0.717) is 24.5 Å². The quantitative estimate of drug-likeness (QED) is 0.533. The first-order chi connectivity index (χ1) is 15.5. The molecule has 3 heterocycles. The van der Waals surface area contributed by atoms with Gasteiger partial charge in [-0.3, -0.25) is 4.57 Å². The van der Waals surface area contributed by atoms with Crippen molar-refractivity contribution in [2.24, 2.45) is 0 Å². The molecule has 1 saturated heterocycles. The highest BCUT2D eigenvalue weighted by molar-refractivity contribution is 7.89. The van der Waals surface area contributed by atoms with E-state index in [9.17, 15) is 8.42 Å². The number of nitrogens with zero attached hydrogens (tertiary/aromatic N) is 5. The van der Waals surface area contributed by atoms with Crippen molar-refractivity contribution in [2.45, 2.75) is 38.1 Å². The second kappa shape index (κ2) is 9.70. The predicted octanol–water partition coefficient (Wildman–Crippen LogP) is 3.51. The first kappa shape index (κ1) is 22.3. The molecule has 8 nitrogen and oxygen atoms in total. The summed E-state index contributed by atoms with van der Waals surface area (Å²) < 4.78 is 29.5. The van der Waals surface area contributed by atoms with Crippen molar-refractivity contribution in [3.05, 3.63) is 60.8 Å². The third-order valence-corrected chi connectivity index (χ3v) is 7.86. The molecule has 32 heavy (non-hydrogen) atoms. The molecule has 0 unspecified atom stereocenters. The highest BCUT2D eigenvalue weighted by Crippen LogP contribution is 2.32. The maximum Gasteiger partial charge on any atom is 0.243 e. The van der Waals surface area contributed by atoms with Crippen LogP contribution in [0.4, 0.5) is 11.4 Å². The van der Waals surface area contributed by atoms with Crippen LogP contribution in [0.3, 0.4) is 0 Å². The van der Waals surface area contributed by atoms with Gasteiger partial charge in [0.25, 0.3) is 0 Å². The van der Waals surface area contributed by atoms with Crippen molar-refractivity contribution in [1.29, 1.82) is 0 Å². The molecule has 1 fully saturated rings. The molecule has 0 amide bonds. The van der Waals surface area contributed by atoms with E-state index in [2.05, 4.69) is 20.2 Å². The molecule has 9 heteroatoms. The molecule has 170 valence electrons. The van der Waals surface area contributed by atoms with E-state index in [4.69, 9.17) is 0 Å². The average molecular weight is 455 g/mol. The molecule has 3 aromatic rings. The standard InChI is InChI=1S/C23H30N6O2S/c1-3-29(4-2)32(30,31)20-8-9-22(27-12-5-6-13-27)21(15-20)25-16-19-7-10-23(26-17-19)28-14-11-24-18-28/h7-11,14-15,17-18,25H,3-6,12-13,16H2,1-2H3. The highest BCUT2D eigenvalue weighted by Gasteiger charge is 2.24.